The van der Waals surface area contributed by atoms with Gasteiger partial charge in [-0.2, -0.15) is 13.2 Å². The molecule has 0 aliphatic carbocycles. The van der Waals surface area contributed by atoms with E-state index in [-0.39, 0.29) is 25.0 Å². The number of rotatable bonds is 7. The summed E-state index contributed by atoms with van der Waals surface area (Å²) >= 11 is 0. The predicted octanol–water partition coefficient (Wildman–Crippen LogP) is 3.72. The molecule has 0 aliphatic rings. The van der Waals surface area contributed by atoms with Crippen molar-refractivity contribution in [1.29, 1.82) is 0 Å². The number of benzene rings is 2. The second-order valence-corrected chi connectivity index (χ2v) is 5.48. The van der Waals surface area contributed by atoms with Crippen LogP contribution in [0.3, 0.4) is 0 Å². The first-order valence-electron chi connectivity index (χ1n) is 7.61. The zero-order valence-corrected chi connectivity index (χ0v) is 13.3. The summed E-state index contributed by atoms with van der Waals surface area (Å²) in [7, 11) is 0. The summed E-state index contributed by atoms with van der Waals surface area (Å²) in [5, 5.41) is 12.1. The molecular weight excluding hydrogens is 319 g/mol. The lowest BCUT2D eigenvalue weighted by Gasteiger charge is -2.20. The minimum absolute atomic E-state index is 0.0357. The van der Waals surface area contributed by atoms with E-state index in [1.807, 2.05) is 30.3 Å². The molecule has 2 aromatic carbocycles. The topological polar surface area (TPSA) is 41.5 Å². The normalized spacial score (nSPS) is 12.9. The highest BCUT2D eigenvalue weighted by Gasteiger charge is 2.31. The average molecular weight is 339 g/mol. The van der Waals surface area contributed by atoms with Crippen molar-refractivity contribution >= 4 is 0 Å². The number of alkyl halides is 3. The Labute approximate surface area is 139 Å². The zero-order valence-electron chi connectivity index (χ0n) is 13.3. The molecule has 0 saturated heterocycles. The largest absolute Gasteiger partial charge is 0.492 e. The van der Waals surface area contributed by atoms with Gasteiger partial charge in [0.25, 0.3) is 0 Å². The van der Waals surface area contributed by atoms with E-state index in [1.54, 1.807) is 13.0 Å². The van der Waals surface area contributed by atoms with E-state index in [4.69, 9.17) is 9.84 Å². The Morgan fingerprint density at radius 2 is 1.83 bits per heavy atom. The van der Waals surface area contributed by atoms with Gasteiger partial charge in [-0.05, 0) is 36.2 Å². The lowest BCUT2D eigenvalue weighted by atomic mass is 10.1. The van der Waals surface area contributed by atoms with Crippen LogP contribution in [0.15, 0.2) is 48.5 Å². The Balaban J connectivity index is 2.13. The number of halogens is 3. The van der Waals surface area contributed by atoms with Gasteiger partial charge >= 0.3 is 6.18 Å². The van der Waals surface area contributed by atoms with Gasteiger partial charge in [0.15, 0.2) is 0 Å². The van der Waals surface area contributed by atoms with Crippen LogP contribution in [-0.4, -0.2) is 24.9 Å². The molecule has 24 heavy (non-hydrogen) atoms. The first kappa shape index (κ1) is 18.3. The maximum absolute atomic E-state index is 12.9. The average Bonchev–Trinajstić information content (AvgIpc) is 2.54. The minimum Gasteiger partial charge on any atom is -0.492 e. The van der Waals surface area contributed by atoms with Gasteiger partial charge in [-0.25, -0.2) is 0 Å². The molecule has 0 fully saturated rings. The number of aliphatic hydroxyl groups excluding tert-OH is 1. The number of nitrogens with one attached hydrogen (secondary N) is 1. The molecule has 0 heterocycles. The standard InChI is InChI=1S/C18H20F3NO2/c1-13-9-15(18(19,20)21)11-16(10-13)24-12-17(22-7-8-23)14-5-3-2-4-6-14/h2-6,9-11,17,22-23H,7-8,12H2,1H3. The molecule has 6 heteroatoms. The van der Waals surface area contributed by atoms with Crippen LogP contribution in [0.1, 0.15) is 22.7 Å². The van der Waals surface area contributed by atoms with Gasteiger partial charge in [-0.3, -0.25) is 0 Å². The van der Waals surface area contributed by atoms with Crippen molar-refractivity contribution in [2.45, 2.75) is 19.1 Å². The molecule has 0 radical (unpaired) electrons. The predicted molar refractivity (Wildman–Crippen MR) is 85.9 cm³/mol. The maximum atomic E-state index is 12.9. The lowest BCUT2D eigenvalue weighted by molar-refractivity contribution is -0.137. The van der Waals surface area contributed by atoms with Crippen LogP contribution in [-0.2, 0) is 6.18 Å². The van der Waals surface area contributed by atoms with Crippen molar-refractivity contribution in [3.8, 4) is 5.75 Å². The van der Waals surface area contributed by atoms with Crippen molar-refractivity contribution < 1.29 is 23.0 Å². The van der Waals surface area contributed by atoms with Gasteiger partial charge in [0.2, 0.25) is 0 Å². The van der Waals surface area contributed by atoms with Gasteiger partial charge in [-0.1, -0.05) is 30.3 Å². The maximum Gasteiger partial charge on any atom is 0.416 e. The summed E-state index contributed by atoms with van der Waals surface area (Å²) in [6.45, 7) is 2.09. The zero-order chi connectivity index (χ0) is 17.6. The second kappa shape index (κ2) is 8.17. The first-order chi connectivity index (χ1) is 11.4. The number of hydrogen-bond donors (Lipinski definition) is 2. The third-order valence-corrected chi connectivity index (χ3v) is 3.50. The van der Waals surface area contributed by atoms with E-state index in [1.165, 1.54) is 0 Å². The molecule has 130 valence electrons. The summed E-state index contributed by atoms with van der Waals surface area (Å²) in [4.78, 5) is 0. The van der Waals surface area contributed by atoms with E-state index in [2.05, 4.69) is 5.32 Å². The molecule has 0 aliphatic heterocycles. The highest BCUT2D eigenvalue weighted by atomic mass is 19.4. The summed E-state index contributed by atoms with van der Waals surface area (Å²) in [5.74, 6) is 0.175. The molecular formula is C18H20F3NO2. The van der Waals surface area contributed by atoms with Gasteiger partial charge in [0, 0.05) is 6.54 Å². The van der Waals surface area contributed by atoms with E-state index in [9.17, 15) is 13.2 Å². The smallest absolute Gasteiger partial charge is 0.416 e. The van der Waals surface area contributed by atoms with Crippen LogP contribution in [0.5, 0.6) is 5.75 Å². The van der Waals surface area contributed by atoms with Crippen LogP contribution in [0.25, 0.3) is 0 Å². The van der Waals surface area contributed by atoms with Gasteiger partial charge in [0.1, 0.15) is 12.4 Å². The number of ether oxygens (including phenoxy) is 1. The number of hydrogen-bond acceptors (Lipinski definition) is 3. The van der Waals surface area contributed by atoms with E-state index >= 15 is 0 Å². The summed E-state index contributed by atoms with van der Waals surface area (Å²) in [6, 6.07) is 12.9. The Hall–Kier alpha value is -2.05. The number of aliphatic hydroxyl groups is 1. The quantitative estimate of drug-likeness (QED) is 0.808. The van der Waals surface area contributed by atoms with Crippen molar-refractivity contribution in [2.75, 3.05) is 19.8 Å². The fraction of sp³-hybridized carbons (Fsp3) is 0.333. The second-order valence-electron chi connectivity index (χ2n) is 5.48. The molecule has 0 aromatic heterocycles. The van der Waals surface area contributed by atoms with Crippen LogP contribution in [0, 0.1) is 6.92 Å². The molecule has 1 unspecified atom stereocenters. The molecule has 2 rings (SSSR count). The molecule has 2 N–H and O–H groups in total. The van der Waals surface area contributed by atoms with E-state index in [0.717, 1.165) is 17.7 Å². The van der Waals surface area contributed by atoms with Gasteiger partial charge < -0.3 is 15.2 Å². The van der Waals surface area contributed by atoms with Crippen molar-refractivity contribution in [3.63, 3.8) is 0 Å². The molecule has 0 bridgehead atoms. The molecule has 1 atom stereocenters. The Morgan fingerprint density at radius 1 is 1.12 bits per heavy atom. The van der Waals surface area contributed by atoms with Crippen LogP contribution >= 0.6 is 0 Å². The fourth-order valence-corrected chi connectivity index (χ4v) is 2.37. The Bertz CT molecular complexity index is 644. The third-order valence-electron chi connectivity index (χ3n) is 3.50. The van der Waals surface area contributed by atoms with Crippen molar-refractivity contribution in [2.24, 2.45) is 0 Å². The molecule has 2 aromatic rings. The SMILES string of the molecule is Cc1cc(OCC(NCCO)c2ccccc2)cc(C(F)(F)F)c1. The first-order valence-corrected chi connectivity index (χ1v) is 7.61. The van der Waals surface area contributed by atoms with E-state index < -0.39 is 11.7 Å². The minimum atomic E-state index is -4.40. The Morgan fingerprint density at radius 3 is 2.46 bits per heavy atom. The molecule has 0 amide bonds. The van der Waals surface area contributed by atoms with E-state index in [0.29, 0.717) is 12.1 Å². The van der Waals surface area contributed by atoms with Crippen LogP contribution < -0.4 is 10.1 Å². The molecule has 3 nitrogen and oxygen atoms in total. The summed E-state index contributed by atoms with van der Waals surface area (Å²) < 4.78 is 44.2. The summed E-state index contributed by atoms with van der Waals surface area (Å²) in [5.41, 5.74) is 0.700. The van der Waals surface area contributed by atoms with Crippen molar-refractivity contribution in [3.05, 3.63) is 65.2 Å². The van der Waals surface area contributed by atoms with Gasteiger partial charge in [-0.15, -0.1) is 0 Å². The monoisotopic (exact) mass is 339 g/mol. The molecule has 0 spiro atoms. The van der Waals surface area contributed by atoms with Crippen molar-refractivity contribution in [1.82, 2.24) is 5.32 Å². The van der Waals surface area contributed by atoms with Gasteiger partial charge in [0.05, 0.1) is 18.2 Å². The van der Waals surface area contributed by atoms with Crippen LogP contribution in [0.2, 0.25) is 0 Å². The third kappa shape index (κ3) is 5.25. The van der Waals surface area contributed by atoms with Crippen LogP contribution in [0.4, 0.5) is 13.2 Å². The highest BCUT2D eigenvalue weighted by molar-refractivity contribution is 5.35. The molecule has 0 saturated carbocycles. The number of aryl methyl sites for hydroxylation is 1. The Kier molecular flexibility index (Phi) is 6.23. The fourth-order valence-electron chi connectivity index (χ4n) is 2.37. The highest BCUT2D eigenvalue weighted by Crippen LogP contribution is 2.32. The summed E-state index contributed by atoms with van der Waals surface area (Å²) in [6.07, 6.45) is -4.40. The lowest BCUT2D eigenvalue weighted by Crippen LogP contribution is -2.29.